The SMILES string of the molecule is Cl.Cn1cc([C@H]2CNC[C@@H]2C(=O)NC2CCCOc3ccc(F)cc32)cn1. The third-order valence-electron chi connectivity index (χ3n) is 5.26. The molecule has 27 heavy (non-hydrogen) atoms. The lowest BCUT2D eigenvalue weighted by Gasteiger charge is -2.23. The molecule has 1 aromatic carbocycles. The summed E-state index contributed by atoms with van der Waals surface area (Å²) < 4.78 is 21.2. The van der Waals surface area contributed by atoms with Crippen LogP contribution in [-0.2, 0) is 11.8 Å². The Morgan fingerprint density at radius 1 is 1.41 bits per heavy atom. The van der Waals surface area contributed by atoms with Gasteiger partial charge in [0, 0.05) is 37.8 Å². The van der Waals surface area contributed by atoms with E-state index in [0.717, 1.165) is 30.5 Å². The van der Waals surface area contributed by atoms with Crippen molar-refractivity contribution < 1.29 is 13.9 Å². The number of ether oxygens (including phenoxy) is 1. The first kappa shape index (κ1) is 19.6. The van der Waals surface area contributed by atoms with Crippen LogP contribution < -0.4 is 15.4 Å². The maximum atomic E-state index is 13.7. The van der Waals surface area contributed by atoms with E-state index in [9.17, 15) is 9.18 Å². The van der Waals surface area contributed by atoms with E-state index < -0.39 is 0 Å². The largest absolute Gasteiger partial charge is 0.493 e. The number of hydrogen-bond donors (Lipinski definition) is 2. The lowest BCUT2D eigenvalue weighted by molar-refractivity contribution is -0.125. The van der Waals surface area contributed by atoms with Crippen molar-refractivity contribution in [2.75, 3.05) is 19.7 Å². The quantitative estimate of drug-likeness (QED) is 0.838. The fourth-order valence-corrected chi connectivity index (χ4v) is 3.91. The number of fused-ring (bicyclic) bond motifs is 1. The Kier molecular flexibility index (Phi) is 6.01. The molecule has 1 aromatic heterocycles. The maximum absolute atomic E-state index is 13.7. The van der Waals surface area contributed by atoms with Gasteiger partial charge >= 0.3 is 0 Å². The van der Waals surface area contributed by atoms with Crippen LogP contribution in [0, 0.1) is 11.7 Å². The van der Waals surface area contributed by atoms with Gasteiger partial charge in [-0.25, -0.2) is 4.39 Å². The van der Waals surface area contributed by atoms with Crippen LogP contribution in [0.3, 0.4) is 0 Å². The topological polar surface area (TPSA) is 68.2 Å². The fraction of sp³-hybridized carbons (Fsp3) is 0.474. The van der Waals surface area contributed by atoms with Crippen molar-refractivity contribution in [1.82, 2.24) is 20.4 Å². The van der Waals surface area contributed by atoms with Gasteiger partial charge in [0.05, 0.1) is 24.8 Å². The highest BCUT2D eigenvalue weighted by atomic mass is 35.5. The summed E-state index contributed by atoms with van der Waals surface area (Å²) in [7, 11) is 1.87. The molecule has 4 rings (SSSR count). The molecule has 0 spiro atoms. The Labute approximate surface area is 163 Å². The van der Waals surface area contributed by atoms with Crippen molar-refractivity contribution in [3.05, 3.63) is 47.5 Å². The van der Waals surface area contributed by atoms with Crippen LogP contribution >= 0.6 is 12.4 Å². The van der Waals surface area contributed by atoms with Crippen LogP contribution in [-0.4, -0.2) is 35.4 Å². The van der Waals surface area contributed by atoms with Crippen LogP contribution in [0.1, 0.15) is 35.9 Å². The molecule has 2 aliphatic heterocycles. The third-order valence-corrected chi connectivity index (χ3v) is 5.26. The number of nitrogens with zero attached hydrogens (tertiary/aromatic N) is 2. The first-order chi connectivity index (χ1) is 12.6. The van der Waals surface area contributed by atoms with Crippen LogP contribution in [0.4, 0.5) is 4.39 Å². The zero-order chi connectivity index (χ0) is 18.1. The zero-order valence-corrected chi connectivity index (χ0v) is 16.0. The van der Waals surface area contributed by atoms with E-state index in [0.29, 0.717) is 18.9 Å². The van der Waals surface area contributed by atoms with Crippen molar-refractivity contribution in [3.63, 3.8) is 0 Å². The van der Waals surface area contributed by atoms with Crippen LogP contribution in [0.15, 0.2) is 30.6 Å². The van der Waals surface area contributed by atoms with Gasteiger partial charge in [-0.2, -0.15) is 5.10 Å². The van der Waals surface area contributed by atoms with E-state index in [1.54, 1.807) is 10.7 Å². The molecule has 8 heteroatoms. The highest BCUT2D eigenvalue weighted by Crippen LogP contribution is 2.34. The van der Waals surface area contributed by atoms with Crippen LogP contribution in [0.25, 0.3) is 0 Å². The molecule has 1 fully saturated rings. The normalized spacial score (nSPS) is 24.3. The zero-order valence-electron chi connectivity index (χ0n) is 15.2. The maximum Gasteiger partial charge on any atom is 0.225 e. The van der Waals surface area contributed by atoms with E-state index in [-0.39, 0.29) is 42.0 Å². The Hall–Kier alpha value is -2.12. The molecule has 0 radical (unpaired) electrons. The minimum atomic E-state index is -0.315. The Morgan fingerprint density at radius 3 is 3.04 bits per heavy atom. The second kappa shape index (κ2) is 8.27. The van der Waals surface area contributed by atoms with Gasteiger partial charge < -0.3 is 15.4 Å². The van der Waals surface area contributed by atoms with Crippen molar-refractivity contribution >= 4 is 18.3 Å². The summed E-state index contributed by atoms with van der Waals surface area (Å²) in [5.41, 5.74) is 1.79. The monoisotopic (exact) mass is 394 g/mol. The van der Waals surface area contributed by atoms with Crippen molar-refractivity contribution in [1.29, 1.82) is 0 Å². The van der Waals surface area contributed by atoms with Crippen molar-refractivity contribution in [3.8, 4) is 5.75 Å². The molecule has 1 saturated heterocycles. The van der Waals surface area contributed by atoms with Crippen molar-refractivity contribution in [2.24, 2.45) is 13.0 Å². The van der Waals surface area contributed by atoms with Gasteiger partial charge in [-0.15, -0.1) is 12.4 Å². The predicted octanol–water partition coefficient (Wildman–Crippen LogP) is 2.31. The molecule has 1 amide bonds. The minimum absolute atomic E-state index is 0. The molecule has 2 aliphatic rings. The van der Waals surface area contributed by atoms with Gasteiger partial charge in [-0.05, 0) is 36.6 Å². The highest BCUT2D eigenvalue weighted by Gasteiger charge is 2.36. The molecule has 0 saturated carbocycles. The standard InChI is InChI=1S/C19H23FN4O2.ClH/c1-24-11-12(8-22-24)15-9-21-10-16(15)19(25)23-17-3-2-6-26-18-5-4-13(20)7-14(17)18;/h4-5,7-8,11,15-17,21H,2-3,6,9-10H2,1H3,(H,23,25);1H/t15-,16+,17?;/m1./s1. The molecule has 2 aromatic rings. The lowest BCUT2D eigenvalue weighted by Crippen LogP contribution is -2.36. The van der Waals surface area contributed by atoms with Gasteiger partial charge in [-0.3, -0.25) is 9.48 Å². The molecule has 0 bridgehead atoms. The molecule has 3 atom stereocenters. The number of benzene rings is 1. The smallest absolute Gasteiger partial charge is 0.225 e. The van der Waals surface area contributed by atoms with Crippen LogP contribution in [0.2, 0.25) is 0 Å². The predicted molar refractivity (Wildman–Crippen MR) is 102 cm³/mol. The number of carbonyl (C=O) groups excluding carboxylic acids is 1. The van der Waals surface area contributed by atoms with E-state index in [2.05, 4.69) is 15.7 Å². The van der Waals surface area contributed by atoms with Gasteiger partial charge in [0.25, 0.3) is 0 Å². The van der Waals surface area contributed by atoms with Crippen LogP contribution in [0.5, 0.6) is 5.75 Å². The summed E-state index contributed by atoms with van der Waals surface area (Å²) >= 11 is 0. The summed E-state index contributed by atoms with van der Waals surface area (Å²) in [5.74, 6) is 0.260. The first-order valence-electron chi connectivity index (χ1n) is 9.03. The average Bonchev–Trinajstić information content (AvgIpc) is 3.22. The number of aromatic nitrogens is 2. The molecule has 0 aliphatic carbocycles. The minimum Gasteiger partial charge on any atom is -0.493 e. The fourth-order valence-electron chi connectivity index (χ4n) is 3.91. The third kappa shape index (κ3) is 4.09. The number of hydrogen-bond acceptors (Lipinski definition) is 4. The number of amides is 1. The number of carbonyl (C=O) groups is 1. The lowest BCUT2D eigenvalue weighted by atomic mass is 9.89. The molecule has 6 nitrogen and oxygen atoms in total. The number of nitrogens with one attached hydrogen (secondary N) is 2. The van der Waals surface area contributed by atoms with E-state index >= 15 is 0 Å². The molecular weight excluding hydrogens is 371 g/mol. The van der Waals surface area contributed by atoms with Gasteiger partial charge in [0.1, 0.15) is 11.6 Å². The summed E-state index contributed by atoms with van der Waals surface area (Å²) in [6.45, 7) is 1.96. The van der Waals surface area contributed by atoms with Gasteiger partial charge in [0.15, 0.2) is 0 Å². The Bertz CT molecular complexity index is 813. The Morgan fingerprint density at radius 2 is 2.26 bits per heavy atom. The summed E-state index contributed by atoms with van der Waals surface area (Å²) in [6, 6.07) is 4.27. The first-order valence-corrected chi connectivity index (χ1v) is 9.03. The van der Waals surface area contributed by atoms with E-state index in [1.807, 2.05) is 19.4 Å². The van der Waals surface area contributed by atoms with E-state index in [1.165, 1.54) is 12.1 Å². The average molecular weight is 395 g/mol. The second-order valence-corrected chi connectivity index (χ2v) is 7.05. The molecule has 1 unspecified atom stereocenters. The molecule has 3 heterocycles. The Balaban J connectivity index is 0.00000210. The van der Waals surface area contributed by atoms with Crippen molar-refractivity contribution in [2.45, 2.75) is 24.8 Å². The number of aryl methyl sites for hydroxylation is 1. The molecule has 146 valence electrons. The number of halogens is 2. The summed E-state index contributed by atoms with van der Waals surface area (Å²) in [6.07, 6.45) is 5.33. The highest BCUT2D eigenvalue weighted by molar-refractivity contribution is 5.85. The molecular formula is C19H24ClFN4O2. The second-order valence-electron chi connectivity index (χ2n) is 7.05. The van der Waals surface area contributed by atoms with Gasteiger partial charge in [-0.1, -0.05) is 0 Å². The van der Waals surface area contributed by atoms with Gasteiger partial charge in [0.2, 0.25) is 5.91 Å². The summed E-state index contributed by atoms with van der Waals surface area (Å²) in [5, 5.41) is 10.7. The number of rotatable bonds is 3. The van der Waals surface area contributed by atoms with E-state index in [4.69, 9.17) is 4.74 Å². The summed E-state index contributed by atoms with van der Waals surface area (Å²) in [4.78, 5) is 13.0. The molecule has 2 N–H and O–H groups in total.